The summed E-state index contributed by atoms with van der Waals surface area (Å²) in [5.41, 5.74) is 0. The van der Waals surface area contributed by atoms with E-state index in [0.717, 1.165) is 32.3 Å². The Labute approximate surface area is 80.7 Å². The lowest BCUT2D eigenvalue weighted by Crippen LogP contribution is -2.29. The maximum Gasteiger partial charge on any atom is 0.135 e. The smallest absolute Gasteiger partial charge is 0.135 e. The summed E-state index contributed by atoms with van der Waals surface area (Å²) in [6.07, 6.45) is 5.18. The predicted molar refractivity (Wildman–Crippen MR) is 52.7 cm³/mol. The molecule has 2 heteroatoms. The molecule has 0 aromatic rings. The molecule has 1 heterocycles. The number of ether oxygens (including phenoxy) is 1. The number of ketones is 1. The van der Waals surface area contributed by atoms with Crippen LogP contribution in [0, 0.1) is 5.92 Å². The molecular formula is C11H20O2. The minimum Gasteiger partial charge on any atom is -0.378 e. The Balaban J connectivity index is 2.37. The standard InChI is InChI=1S/C11H20O2/c1-3-5-10-8-9(6-7-13-10)11(12)4-2/h9-10H,3-8H2,1-2H3. The van der Waals surface area contributed by atoms with Gasteiger partial charge in [0.1, 0.15) is 5.78 Å². The second kappa shape index (κ2) is 5.38. The van der Waals surface area contributed by atoms with Gasteiger partial charge in [-0.1, -0.05) is 20.3 Å². The topological polar surface area (TPSA) is 26.3 Å². The largest absolute Gasteiger partial charge is 0.378 e. The van der Waals surface area contributed by atoms with E-state index in [1.54, 1.807) is 0 Å². The Hall–Kier alpha value is -0.370. The van der Waals surface area contributed by atoms with Gasteiger partial charge in [0.15, 0.2) is 0 Å². The number of rotatable bonds is 4. The molecule has 0 radical (unpaired) electrons. The van der Waals surface area contributed by atoms with E-state index in [1.165, 1.54) is 0 Å². The third-order valence-corrected chi connectivity index (χ3v) is 2.78. The molecule has 0 aliphatic carbocycles. The molecule has 2 atom stereocenters. The summed E-state index contributed by atoms with van der Waals surface area (Å²) in [5, 5.41) is 0. The van der Waals surface area contributed by atoms with Crippen LogP contribution < -0.4 is 0 Å². The minimum absolute atomic E-state index is 0.287. The van der Waals surface area contributed by atoms with Gasteiger partial charge in [-0.3, -0.25) is 4.79 Å². The molecule has 0 saturated carbocycles. The van der Waals surface area contributed by atoms with Crippen molar-refractivity contribution in [3.05, 3.63) is 0 Å². The average Bonchev–Trinajstić information content (AvgIpc) is 2.18. The summed E-state index contributed by atoms with van der Waals surface area (Å²) in [7, 11) is 0. The van der Waals surface area contributed by atoms with Crippen molar-refractivity contribution in [1.82, 2.24) is 0 Å². The molecule has 0 aromatic carbocycles. The number of carbonyl (C=O) groups is 1. The van der Waals surface area contributed by atoms with E-state index in [9.17, 15) is 4.79 Å². The molecule has 1 aliphatic rings. The first kappa shape index (κ1) is 10.7. The fourth-order valence-electron chi connectivity index (χ4n) is 1.98. The summed E-state index contributed by atoms with van der Waals surface area (Å²) in [4.78, 5) is 11.5. The highest BCUT2D eigenvalue weighted by Crippen LogP contribution is 2.24. The van der Waals surface area contributed by atoms with E-state index < -0.39 is 0 Å². The van der Waals surface area contributed by atoms with Gasteiger partial charge < -0.3 is 4.74 Å². The Morgan fingerprint density at radius 3 is 2.85 bits per heavy atom. The summed E-state index contributed by atoms with van der Waals surface area (Å²) in [6, 6.07) is 0. The zero-order valence-electron chi connectivity index (χ0n) is 8.71. The highest BCUT2D eigenvalue weighted by molar-refractivity contribution is 5.80. The van der Waals surface area contributed by atoms with Crippen molar-refractivity contribution in [1.29, 1.82) is 0 Å². The number of hydrogen-bond acceptors (Lipinski definition) is 2. The molecule has 0 aromatic heterocycles. The van der Waals surface area contributed by atoms with Gasteiger partial charge in [0.2, 0.25) is 0 Å². The zero-order valence-corrected chi connectivity index (χ0v) is 8.71. The van der Waals surface area contributed by atoms with Crippen LogP contribution in [0.3, 0.4) is 0 Å². The molecule has 1 rings (SSSR count). The van der Waals surface area contributed by atoms with Crippen LogP contribution in [0.1, 0.15) is 46.0 Å². The Morgan fingerprint density at radius 2 is 2.23 bits per heavy atom. The molecule has 76 valence electrons. The summed E-state index contributed by atoms with van der Waals surface area (Å²) >= 11 is 0. The maximum atomic E-state index is 11.5. The molecule has 0 spiro atoms. The lowest BCUT2D eigenvalue weighted by atomic mass is 9.89. The van der Waals surface area contributed by atoms with Gasteiger partial charge in [0, 0.05) is 18.9 Å². The lowest BCUT2D eigenvalue weighted by Gasteiger charge is -2.28. The van der Waals surface area contributed by atoms with E-state index in [0.29, 0.717) is 18.3 Å². The quantitative estimate of drug-likeness (QED) is 0.671. The third kappa shape index (κ3) is 3.11. The van der Waals surface area contributed by atoms with Crippen LogP contribution in [0.2, 0.25) is 0 Å². The van der Waals surface area contributed by atoms with E-state index in [1.807, 2.05) is 6.92 Å². The molecular weight excluding hydrogens is 164 g/mol. The molecule has 0 amide bonds. The molecule has 13 heavy (non-hydrogen) atoms. The van der Waals surface area contributed by atoms with Crippen LogP contribution in [0.25, 0.3) is 0 Å². The fraction of sp³-hybridized carbons (Fsp3) is 0.909. The monoisotopic (exact) mass is 184 g/mol. The van der Waals surface area contributed by atoms with Gasteiger partial charge >= 0.3 is 0 Å². The predicted octanol–water partition coefficient (Wildman–Crippen LogP) is 2.56. The van der Waals surface area contributed by atoms with E-state index in [4.69, 9.17) is 4.74 Å². The summed E-state index contributed by atoms with van der Waals surface area (Å²) in [5.74, 6) is 0.708. The molecule has 1 fully saturated rings. The Kier molecular flexibility index (Phi) is 4.43. The summed E-state index contributed by atoms with van der Waals surface area (Å²) in [6.45, 7) is 4.89. The fourth-order valence-corrected chi connectivity index (χ4v) is 1.98. The van der Waals surface area contributed by atoms with Crippen molar-refractivity contribution in [3.63, 3.8) is 0 Å². The van der Waals surface area contributed by atoms with Crippen LogP contribution in [-0.4, -0.2) is 18.5 Å². The minimum atomic E-state index is 0.287. The van der Waals surface area contributed by atoms with Crippen molar-refractivity contribution >= 4 is 5.78 Å². The highest BCUT2D eigenvalue weighted by Gasteiger charge is 2.25. The van der Waals surface area contributed by atoms with Gasteiger partial charge in [-0.15, -0.1) is 0 Å². The Bertz CT molecular complexity index is 163. The molecule has 1 saturated heterocycles. The van der Waals surface area contributed by atoms with E-state index >= 15 is 0 Å². The highest BCUT2D eigenvalue weighted by atomic mass is 16.5. The molecule has 0 bridgehead atoms. The van der Waals surface area contributed by atoms with Crippen LogP contribution in [0.15, 0.2) is 0 Å². The maximum absolute atomic E-state index is 11.5. The van der Waals surface area contributed by atoms with Crippen molar-refractivity contribution < 1.29 is 9.53 Å². The van der Waals surface area contributed by atoms with Crippen LogP contribution in [0.5, 0.6) is 0 Å². The van der Waals surface area contributed by atoms with Gasteiger partial charge in [0.05, 0.1) is 6.10 Å². The van der Waals surface area contributed by atoms with Gasteiger partial charge in [0.25, 0.3) is 0 Å². The Morgan fingerprint density at radius 1 is 1.46 bits per heavy atom. The molecule has 2 unspecified atom stereocenters. The third-order valence-electron chi connectivity index (χ3n) is 2.78. The van der Waals surface area contributed by atoms with Gasteiger partial charge in [-0.25, -0.2) is 0 Å². The number of hydrogen-bond donors (Lipinski definition) is 0. The van der Waals surface area contributed by atoms with Crippen molar-refractivity contribution in [3.8, 4) is 0 Å². The van der Waals surface area contributed by atoms with E-state index in [2.05, 4.69) is 6.92 Å². The van der Waals surface area contributed by atoms with Crippen LogP contribution >= 0.6 is 0 Å². The summed E-state index contributed by atoms with van der Waals surface area (Å²) < 4.78 is 5.59. The zero-order chi connectivity index (χ0) is 9.68. The molecule has 2 nitrogen and oxygen atoms in total. The molecule has 1 aliphatic heterocycles. The van der Waals surface area contributed by atoms with Crippen LogP contribution in [0.4, 0.5) is 0 Å². The second-order valence-corrected chi connectivity index (χ2v) is 3.82. The number of carbonyl (C=O) groups excluding carboxylic acids is 1. The van der Waals surface area contributed by atoms with Crippen molar-refractivity contribution in [2.24, 2.45) is 5.92 Å². The van der Waals surface area contributed by atoms with Crippen LogP contribution in [-0.2, 0) is 9.53 Å². The first-order valence-electron chi connectivity index (χ1n) is 5.42. The first-order chi connectivity index (χ1) is 6.27. The lowest BCUT2D eigenvalue weighted by molar-refractivity contribution is -0.127. The van der Waals surface area contributed by atoms with Gasteiger partial charge in [-0.2, -0.15) is 0 Å². The second-order valence-electron chi connectivity index (χ2n) is 3.82. The van der Waals surface area contributed by atoms with E-state index in [-0.39, 0.29) is 5.92 Å². The SMILES string of the molecule is CCCC1CC(C(=O)CC)CCO1. The van der Waals surface area contributed by atoms with Gasteiger partial charge in [-0.05, 0) is 19.3 Å². The molecule has 0 N–H and O–H groups in total. The normalized spacial score (nSPS) is 28.8. The first-order valence-corrected chi connectivity index (χ1v) is 5.42. The van der Waals surface area contributed by atoms with Crippen molar-refractivity contribution in [2.45, 2.75) is 52.1 Å². The van der Waals surface area contributed by atoms with Crippen molar-refractivity contribution in [2.75, 3.05) is 6.61 Å². The number of Topliss-reactive ketones (excluding diaryl/α,β-unsaturated/α-hetero) is 1. The average molecular weight is 184 g/mol.